The Morgan fingerprint density at radius 2 is 2.29 bits per heavy atom. The number of rotatable bonds is 6. The topological polar surface area (TPSA) is 52.6 Å². The number of benzene rings is 1. The Morgan fingerprint density at radius 3 is 2.95 bits per heavy atom. The molecule has 1 saturated heterocycles. The van der Waals surface area contributed by atoms with Crippen LogP contribution in [0.1, 0.15) is 48.5 Å². The Kier molecular flexibility index (Phi) is 5.62. The lowest BCUT2D eigenvalue weighted by Crippen LogP contribution is -2.36. The second-order valence-electron chi connectivity index (χ2n) is 5.72. The summed E-state index contributed by atoms with van der Waals surface area (Å²) in [5, 5.41) is 12.3. The van der Waals surface area contributed by atoms with Crippen LogP contribution < -0.4 is 5.32 Å². The zero-order chi connectivity index (χ0) is 15.2. The first-order valence-electron chi connectivity index (χ1n) is 7.93. The molecule has 0 bridgehead atoms. The molecule has 0 aliphatic carbocycles. The predicted octanol–water partition coefficient (Wildman–Crippen LogP) is 2.80. The third kappa shape index (κ3) is 3.76. The molecule has 1 unspecified atom stereocenters. The minimum Gasteiger partial charge on any atom is -0.396 e. The molecule has 1 amide bonds. The second kappa shape index (κ2) is 7.46. The van der Waals surface area contributed by atoms with Gasteiger partial charge >= 0.3 is 0 Å². The van der Waals surface area contributed by atoms with Gasteiger partial charge in [0.2, 0.25) is 0 Å². The summed E-state index contributed by atoms with van der Waals surface area (Å²) in [5.74, 6) is 0.135. The maximum absolute atomic E-state index is 12.8. The molecule has 4 nitrogen and oxygen atoms in total. The number of aryl methyl sites for hydroxylation is 1. The first kappa shape index (κ1) is 15.8. The molecule has 0 radical (unpaired) electrons. The molecule has 1 fully saturated rings. The van der Waals surface area contributed by atoms with Crippen LogP contribution in [0.25, 0.3) is 0 Å². The van der Waals surface area contributed by atoms with Gasteiger partial charge in [-0.15, -0.1) is 0 Å². The fourth-order valence-electron chi connectivity index (χ4n) is 3.10. The molecule has 0 saturated carbocycles. The van der Waals surface area contributed by atoms with Gasteiger partial charge in [-0.2, -0.15) is 0 Å². The number of carbonyl (C=O) groups is 1. The van der Waals surface area contributed by atoms with Gasteiger partial charge in [-0.1, -0.05) is 0 Å². The van der Waals surface area contributed by atoms with E-state index in [-0.39, 0.29) is 18.6 Å². The monoisotopic (exact) mass is 290 g/mol. The summed E-state index contributed by atoms with van der Waals surface area (Å²) >= 11 is 0. The fraction of sp³-hybridized carbons (Fsp3) is 0.588. The van der Waals surface area contributed by atoms with Gasteiger partial charge < -0.3 is 15.3 Å². The summed E-state index contributed by atoms with van der Waals surface area (Å²) in [4.78, 5) is 14.7. The van der Waals surface area contributed by atoms with E-state index >= 15 is 0 Å². The lowest BCUT2D eigenvalue weighted by atomic mass is 10.0. The zero-order valence-electron chi connectivity index (χ0n) is 13.1. The zero-order valence-corrected chi connectivity index (χ0v) is 13.1. The van der Waals surface area contributed by atoms with Crippen LogP contribution in [0.3, 0.4) is 0 Å². The number of amides is 1. The van der Waals surface area contributed by atoms with Gasteiger partial charge in [0.15, 0.2) is 0 Å². The van der Waals surface area contributed by atoms with E-state index in [0.29, 0.717) is 0 Å². The van der Waals surface area contributed by atoms with Crippen molar-refractivity contribution in [2.24, 2.45) is 0 Å². The molecule has 0 spiro atoms. The van der Waals surface area contributed by atoms with Crippen molar-refractivity contribution in [1.29, 1.82) is 0 Å². The summed E-state index contributed by atoms with van der Waals surface area (Å²) in [5.41, 5.74) is 2.88. The average Bonchev–Trinajstić information content (AvgIpc) is 2.93. The normalized spacial score (nSPS) is 18.0. The number of hydrogen-bond acceptors (Lipinski definition) is 3. The SMILES string of the molecule is CCNc1ccc(C(=O)N2CCCC2CCCO)c(C)c1. The molecule has 0 aromatic heterocycles. The van der Waals surface area contributed by atoms with Crippen molar-refractivity contribution in [3.05, 3.63) is 29.3 Å². The maximum atomic E-state index is 12.8. The number of carbonyl (C=O) groups excluding carboxylic acids is 1. The van der Waals surface area contributed by atoms with Gasteiger partial charge in [0, 0.05) is 37.0 Å². The highest BCUT2D eigenvalue weighted by molar-refractivity contribution is 5.96. The average molecular weight is 290 g/mol. The van der Waals surface area contributed by atoms with Crippen LogP contribution in [0.4, 0.5) is 5.69 Å². The minimum absolute atomic E-state index is 0.135. The van der Waals surface area contributed by atoms with Crippen molar-refractivity contribution < 1.29 is 9.90 Å². The molecule has 2 N–H and O–H groups in total. The molecular formula is C17H26N2O2. The number of nitrogens with zero attached hydrogens (tertiary/aromatic N) is 1. The van der Waals surface area contributed by atoms with E-state index in [4.69, 9.17) is 5.11 Å². The molecule has 4 heteroatoms. The number of hydrogen-bond donors (Lipinski definition) is 2. The molecule has 1 heterocycles. The number of aliphatic hydroxyl groups excluding tert-OH is 1. The molecule has 116 valence electrons. The molecule has 2 rings (SSSR count). The van der Waals surface area contributed by atoms with Crippen LogP contribution in [-0.4, -0.2) is 41.7 Å². The molecular weight excluding hydrogens is 264 g/mol. The van der Waals surface area contributed by atoms with E-state index in [1.54, 1.807) is 0 Å². The van der Waals surface area contributed by atoms with Gasteiger partial charge in [-0.25, -0.2) is 0 Å². The van der Waals surface area contributed by atoms with E-state index in [2.05, 4.69) is 12.2 Å². The summed E-state index contributed by atoms with van der Waals surface area (Å²) in [7, 11) is 0. The highest BCUT2D eigenvalue weighted by Gasteiger charge is 2.29. The third-order valence-corrected chi connectivity index (χ3v) is 4.17. The summed E-state index contributed by atoms with van der Waals surface area (Å²) < 4.78 is 0. The minimum atomic E-state index is 0.135. The first-order chi connectivity index (χ1) is 10.2. The van der Waals surface area contributed by atoms with Crippen molar-refractivity contribution in [3.63, 3.8) is 0 Å². The highest BCUT2D eigenvalue weighted by atomic mass is 16.3. The Morgan fingerprint density at radius 1 is 1.48 bits per heavy atom. The molecule has 1 atom stereocenters. The van der Waals surface area contributed by atoms with Gasteiger partial charge in [0.1, 0.15) is 0 Å². The Balaban J connectivity index is 2.11. The van der Waals surface area contributed by atoms with E-state index in [1.807, 2.05) is 30.0 Å². The molecule has 1 aromatic rings. The largest absolute Gasteiger partial charge is 0.396 e. The fourth-order valence-corrected chi connectivity index (χ4v) is 3.10. The van der Waals surface area contributed by atoms with Crippen molar-refractivity contribution in [2.75, 3.05) is 25.0 Å². The van der Waals surface area contributed by atoms with Crippen molar-refractivity contribution in [2.45, 2.75) is 45.6 Å². The number of anilines is 1. The second-order valence-corrected chi connectivity index (χ2v) is 5.72. The van der Waals surface area contributed by atoms with E-state index in [1.165, 1.54) is 0 Å². The number of likely N-dealkylation sites (tertiary alicyclic amines) is 1. The van der Waals surface area contributed by atoms with Gasteiger partial charge in [0.05, 0.1) is 0 Å². The van der Waals surface area contributed by atoms with Crippen molar-refractivity contribution in [3.8, 4) is 0 Å². The van der Waals surface area contributed by atoms with Crippen LogP contribution in [0.15, 0.2) is 18.2 Å². The number of aliphatic hydroxyl groups is 1. The van der Waals surface area contributed by atoms with Crippen LogP contribution in [-0.2, 0) is 0 Å². The van der Waals surface area contributed by atoms with Gasteiger partial charge in [0.25, 0.3) is 5.91 Å². The quantitative estimate of drug-likeness (QED) is 0.847. The summed E-state index contributed by atoms with van der Waals surface area (Å²) in [6.07, 6.45) is 3.79. The summed E-state index contributed by atoms with van der Waals surface area (Å²) in [6.45, 7) is 5.97. The molecule has 1 aliphatic heterocycles. The lowest BCUT2D eigenvalue weighted by Gasteiger charge is -2.25. The smallest absolute Gasteiger partial charge is 0.254 e. The lowest BCUT2D eigenvalue weighted by molar-refractivity contribution is 0.0724. The highest BCUT2D eigenvalue weighted by Crippen LogP contribution is 2.25. The predicted molar refractivity (Wildman–Crippen MR) is 85.7 cm³/mol. The van der Waals surface area contributed by atoms with Gasteiger partial charge in [-0.3, -0.25) is 4.79 Å². The standard InChI is InChI=1S/C17H26N2O2/c1-3-18-14-8-9-16(13(2)12-14)17(21)19-10-4-6-15(19)7-5-11-20/h8-9,12,15,18,20H,3-7,10-11H2,1-2H3. The van der Waals surface area contributed by atoms with Crippen molar-refractivity contribution in [1.82, 2.24) is 4.90 Å². The van der Waals surface area contributed by atoms with E-state index < -0.39 is 0 Å². The Labute approximate surface area is 127 Å². The Hall–Kier alpha value is -1.55. The van der Waals surface area contributed by atoms with Crippen LogP contribution in [0.2, 0.25) is 0 Å². The van der Waals surface area contributed by atoms with E-state index in [0.717, 1.165) is 55.6 Å². The van der Waals surface area contributed by atoms with Crippen molar-refractivity contribution >= 4 is 11.6 Å². The third-order valence-electron chi connectivity index (χ3n) is 4.17. The first-order valence-corrected chi connectivity index (χ1v) is 7.93. The van der Waals surface area contributed by atoms with Crippen LogP contribution in [0.5, 0.6) is 0 Å². The summed E-state index contributed by atoms with van der Waals surface area (Å²) in [6, 6.07) is 6.23. The molecule has 1 aliphatic rings. The number of nitrogens with one attached hydrogen (secondary N) is 1. The van der Waals surface area contributed by atoms with Gasteiger partial charge in [-0.05, 0) is 63.3 Å². The molecule has 21 heavy (non-hydrogen) atoms. The molecule has 1 aromatic carbocycles. The van der Waals surface area contributed by atoms with Crippen LogP contribution >= 0.6 is 0 Å². The maximum Gasteiger partial charge on any atom is 0.254 e. The Bertz CT molecular complexity index is 488. The van der Waals surface area contributed by atoms with E-state index in [9.17, 15) is 4.79 Å². The van der Waals surface area contributed by atoms with Crippen LogP contribution in [0, 0.1) is 6.92 Å².